The van der Waals surface area contributed by atoms with Gasteiger partial charge in [0.05, 0.1) is 4.90 Å². The van der Waals surface area contributed by atoms with E-state index in [9.17, 15) is 12.8 Å². The number of sulfonamides is 1. The van der Waals surface area contributed by atoms with Crippen molar-refractivity contribution in [3.05, 3.63) is 83.1 Å². The number of rotatable bonds is 5. The minimum Gasteiger partial charge on any atom is -0.354 e. The molecule has 0 unspecified atom stereocenters. The van der Waals surface area contributed by atoms with Crippen molar-refractivity contribution in [2.24, 2.45) is 0 Å². The Morgan fingerprint density at radius 2 is 1.74 bits per heavy atom. The van der Waals surface area contributed by atoms with E-state index in [1.165, 1.54) is 22.8 Å². The largest absolute Gasteiger partial charge is 0.354 e. The van der Waals surface area contributed by atoms with Crippen molar-refractivity contribution in [3.8, 4) is 0 Å². The van der Waals surface area contributed by atoms with Crippen LogP contribution in [0, 0.1) is 19.7 Å². The lowest BCUT2D eigenvalue weighted by Gasteiger charge is -2.36. The van der Waals surface area contributed by atoms with Crippen molar-refractivity contribution >= 4 is 21.6 Å². The molecule has 0 amide bonds. The van der Waals surface area contributed by atoms with Gasteiger partial charge in [0.25, 0.3) is 5.78 Å². The molecule has 1 aliphatic heterocycles. The first-order valence-electron chi connectivity index (χ1n) is 11.1. The molecular weight excluding hydrogens is 455 g/mol. The molecule has 34 heavy (non-hydrogen) atoms. The first kappa shape index (κ1) is 22.4. The molecule has 0 bridgehead atoms. The van der Waals surface area contributed by atoms with E-state index in [1.54, 1.807) is 11.4 Å². The molecule has 176 valence electrons. The van der Waals surface area contributed by atoms with Crippen LogP contribution in [0.2, 0.25) is 0 Å². The highest BCUT2D eigenvalue weighted by Crippen LogP contribution is 2.29. The second kappa shape index (κ2) is 8.77. The fraction of sp³-hybridized carbons (Fsp3) is 0.292. The molecule has 1 aliphatic rings. The summed E-state index contributed by atoms with van der Waals surface area (Å²) in [5.41, 5.74) is 3.57. The summed E-state index contributed by atoms with van der Waals surface area (Å²) < 4.78 is 43.4. The molecule has 1 saturated heterocycles. The molecule has 0 spiro atoms. The topological polar surface area (TPSA) is 83.7 Å². The van der Waals surface area contributed by atoms with E-state index in [0.29, 0.717) is 30.9 Å². The fourth-order valence-corrected chi connectivity index (χ4v) is 6.09. The highest BCUT2D eigenvalue weighted by atomic mass is 32.2. The molecule has 0 saturated carbocycles. The van der Waals surface area contributed by atoms with Crippen molar-refractivity contribution in [2.75, 3.05) is 31.1 Å². The van der Waals surface area contributed by atoms with Crippen LogP contribution >= 0.6 is 0 Å². The smallest absolute Gasteiger partial charge is 0.254 e. The molecule has 0 radical (unpaired) electrons. The van der Waals surface area contributed by atoms with Crippen LogP contribution in [-0.2, 0) is 16.4 Å². The van der Waals surface area contributed by atoms with Crippen LogP contribution in [0.3, 0.4) is 0 Å². The number of aromatic nitrogens is 4. The zero-order valence-electron chi connectivity index (χ0n) is 19.0. The molecule has 0 atom stereocenters. The van der Waals surface area contributed by atoms with Gasteiger partial charge in [-0.2, -0.15) is 18.9 Å². The molecule has 2 aromatic heterocycles. The van der Waals surface area contributed by atoms with E-state index in [-0.39, 0.29) is 18.0 Å². The van der Waals surface area contributed by atoms with Crippen molar-refractivity contribution in [1.29, 1.82) is 0 Å². The number of hydrogen-bond acceptors (Lipinski definition) is 6. The summed E-state index contributed by atoms with van der Waals surface area (Å²) in [6.07, 6.45) is 2.15. The summed E-state index contributed by atoms with van der Waals surface area (Å²) in [4.78, 5) is 11.0. The number of benzene rings is 2. The van der Waals surface area contributed by atoms with Crippen LogP contribution < -0.4 is 4.90 Å². The maximum atomic E-state index is 13.8. The third-order valence-electron chi connectivity index (χ3n) is 6.23. The van der Waals surface area contributed by atoms with Gasteiger partial charge in [-0.3, -0.25) is 0 Å². The summed E-state index contributed by atoms with van der Waals surface area (Å²) >= 11 is 0. The molecule has 1 fully saturated rings. The van der Waals surface area contributed by atoms with Crippen molar-refractivity contribution in [3.63, 3.8) is 0 Å². The van der Waals surface area contributed by atoms with Crippen molar-refractivity contribution < 1.29 is 12.8 Å². The lowest BCUT2D eigenvalue weighted by atomic mass is 10.0. The van der Waals surface area contributed by atoms with E-state index in [0.717, 1.165) is 28.7 Å². The van der Waals surface area contributed by atoms with E-state index in [1.807, 2.05) is 25.1 Å². The summed E-state index contributed by atoms with van der Waals surface area (Å²) in [6.45, 7) is 5.13. The van der Waals surface area contributed by atoms with Crippen LogP contribution in [0.15, 0.2) is 59.8 Å². The molecule has 2 aromatic carbocycles. The van der Waals surface area contributed by atoms with Gasteiger partial charge >= 0.3 is 0 Å². The Hall–Kier alpha value is -3.37. The SMILES string of the molecule is Cc1ccc(F)cc1S(=O)(=O)N1CCN(c2c(Cc3ccccc3)c(C)nc3ncnn23)CC1. The number of anilines is 1. The lowest BCUT2D eigenvalue weighted by molar-refractivity contribution is 0.382. The number of hydrogen-bond donors (Lipinski definition) is 0. The third kappa shape index (κ3) is 4.03. The van der Waals surface area contributed by atoms with E-state index < -0.39 is 15.8 Å². The highest BCUT2D eigenvalue weighted by molar-refractivity contribution is 7.89. The molecular formula is C24H25FN6O2S. The number of aryl methyl sites for hydroxylation is 2. The van der Waals surface area contributed by atoms with Crippen LogP contribution in [-0.4, -0.2) is 58.5 Å². The van der Waals surface area contributed by atoms with Crippen LogP contribution in [0.25, 0.3) is 5.78 Å². The zero-order valence-corrected chi connectivity index (χ0v) is 19.8. The predicted octanol–water partition coefficient (Wildman–Crippen LogP) is 2.98. The first-order chi connectivity index (χ1) is 16.3. The van der Waals surface area contributed by atoms with E-state index in [4.69, 9.17) is 0 Å². The Kier molecular flexibility index (Phi) is 5.78. The quantitative estimate of drug-likeness (QED) is 0.437. The maximum Gasteiger partial charge on any atom is 0.254 e. The third-order valence-corrected chi connectivity index (χ3v) is 8.28. The van der Waals surface area contributed by atoms with Gasteiger partial charge in [0, 0.05) is 43.9 Å². The number of piperazine rings is 1. The van der Waals surface area contributed by atoms with Gasteiger partial charge in [-0.25, -0.2) is 17.8 Å². The van der Waals surface area contributed by atoms with Crippen molar-refractivity contribution in [1.82, 2.24) is 23.9 Å². The van der Waals surface area contributed by atoms with Crippen LogP contribution in [0.4, 0.5) is 10.2 Å². The standard InChI is InChI=1S/C24H25FN6O2S/c1-17-8-9-20(25)15-22(17)34(32,33)30-12-10-29(11-13-30)23-21(14-19-6-4-3-5-7-19)18(2)28-24-26-16-27-31(23)24/h3-9,15-16H,10-14H2,1-2H3. The summed E-state index contributed by atoms with van der Waals surface area (Å²) in [5, 5.41) is 4.40. The Labute approximate surface area is 197 Å². The highest BCUT2D eigenvalue weighted by Gasteiger charge is 2.32. The molecule has 3 heterocycles. The molecule has 8 nitrogen and oxygen atoms in total. The van der Waals surface area contributed by atoms with Crippen LogP contribution in [0.5, 0.6) is 0 Å². The number of nitrogens with zero attached hydrogens (tertiary/aromatic N) is 6. The Morgan fingerprint density at radius 3 is 2.47 bits per heavy atom. The van der Waals surface area contributed by atoms with Gasteiger partial charge in [-0.1, -0.05) is 36.4 Å². The first-order valence-corrected chi connectivity index (χ1v) is 12.5. The van der Waals surface area contributed by atoms with Gasteiger partial charge < -0.3 is 4.90 Å². The van der Waals surface area contributed by atoms with Gasteiger partial charge in [-0.15, -0.1) is 0 Å². The van der Waals surface area contributed by atoms with Gasteiger partial charge in [0.2, 0.25) is 10.0 Å². The van der Waals surface area contributed by atoms with Crippen molar-refractivity contribution in [2.45, 2.75) is 25.2 Å². The maximum absolute atomic E-state index is 13.8. The Balaban J connectivity index is 1.46. The van der Waals surface area contributed by atoms with Gasteiger partial charge in [0.1, 0.15) is 18.0 Å². The predicted molar refractivity (Wildman–Crippen MR) is 127 cm³/mol. The zero-order chi connectivity index (χ0) is 23.9. The van der Waals surface area contributed by atoms with Gasteiger partial charge in [-0.05, 0) is 37.1 Å². The lowest BCUT2D eigenvalue weighted by Crippen LogP contribution is -2.49. The molecule has 5 rings (SSSR count). The summed E-state index contributed by atoms with van der Waals surface area (Å²) in [7, 11) is -3.80. The summed E-state index contributed by atoms with van der Waals surface area (Å²) in [6, 6.07) is 14.0. The summed E-state index contributed by atoms with van der Waals surface area (Å²) in [5.74, 6) is 0.826. The average Bonchev–Trinajstić information content (AvgIpc) is 3.29. The van der Waals surface area contributed by atoms with E-state index >= 15 is 0 Å². The van der Waals surface area contributed by atoms with Crippen LogP contribution in [0.1, 0.15) is 22.4 Å². The number of halogens is 1. The number of fused-ring (bicyclic) bond motifs is 1. The van der Waals surface area contributed by atoms with Gasteiger partial charge in [0.15, 0.2) is 0 Å². The average molecular weight is 481 g/mol. The second-order valence-electron chi connectivity index (χ2n) is 8.43. The van der Waals surface area contributed by atoms with E-state index in [2.05, 4.69) is 32.1 Å². The second-order valence-corrected chi connectivity index (χ2v) is 10.3. The molecule has 0 N–H and O–H groups in total. The normalized spacial score (nSPS) is 15.2. The fourth-order valence-electron chi connectivity index (χ4n) is 4.43. The minimum absolute atomic E-state index is 0.0177. The molecule has 4 aromatic rings. The minimum atomic E-state index is -3.80. The molecule has 10 heteroatoms. The Morgan fingerprint density at radius 1 is 1.00 bits per heavy atom. The monoisotopic (exact) mass is 480 g/mol. The Bertz CT molecular complexity index is 1450. The molecule has 0 aliphatic carbocycles.